The van der Waals surface area contributed by atoms with Crippen LogP contribution in [0.15, 0.2) is 72.8 Å². The lowest BCUT2D eigenvalue weighted by Gasteiger charge is -2.42. The van der Waals surface area contributed by atoms with Crippen molar-refractivity contribution in [1.29, 1.82) is 5.26 Å². The van der Waals surface area contributed by atoms with Crippen molar-refractivity contribution in [2.45, 2.75) is 124 Å². The number of rotatable bonds is 5. The third-order valence-electron chi connectivity index (χ3n) is 17.4. The van der Waals surface area contributed by atoms with Crippen LogP contribution in [0, 0.1) is 122 Å². The molecule has 0 bridgehead atoms. The van der Waals surface area contributed by atoms with Crippen molar-refractivity contribution in [3.8, 4) is 40.2 Å². The van der Waals surface area contributed by atoms with Crippen LogP contribution in [0.5, 0.6) is 0 Å². The summed E-state index contributed by atoms with van der Waals surface area (Å²) in [5.74, 6) is 1.71. The minimum Gasteiger partial charge on any atom is -0.309 e. The Morgan fingerprint density at radius 2 is 0.657 bits per heavy atom. The van der Waals surface area contributed by atoms with E-state index in [2.05, 4.69) is 163 Å². The first-order chi connectivity index (χ1) is 33.4. The molecule has 350 valence electrons. The maximum Gasteiger partial charge on any atom is 0.166 e. The molecule has 0 saturated carbocycles. The summed E-state index contributed by atoms with van der Waals surface area (Å²) in [6.07, 6.45) is 1.64. The average molecular weight is 917 g/mol. The Morgan fingerprint density at radius 3 is 0.986 bits per heavy atom. The van der Waals surface area contributed by atoms with Crippen molar-refractivity contribution in [1.82, 2.24) is 15.0 Å². The molecule has 6 nitrogen and oxygen atoms in total. The first kappa shape index (κ1) is 46.4. The normalized spacial score (nSPS) is 12.7. The zero-order valence-electron chi connectivity index (χ0n) is 44.0. The molecule has 1 aromatic heterocycles. The Balaban J connectivity index is 1.42. The van der Waals surface area contributed by atoms with Crippen LogP contribution in [-0.2, 0) is 12.8 Å². The molecule has 0 spiro atoms. The van der Waals surface area contributed by atoms with Gasteiger partial charge in [0.1, 0.15) is 6.07 Å². The standard InChI is InChI=1S/C64H64N6/c1-32-36(5)44(13)58-51(40(32)9)28-52-41(10)33(2)37(6)45(14)59(52)69(58)56-30-55(64-67-62(48-23-19-17-20-24-48)66-63(68-64)49-25-21-18-22-26-49)57(27-50(56)31-65)70-60-46(15)38(7)34(3)42(11)53(60)29-54-43(12)35(4)39(8)47(16)61(54)70/h17-27,30H,28-29H2,1-16H3. The molecule has 0 atom stereocenters. The Kier molecular flexibility index (Phi) is 11.2. The summed E-state index contributed by atoms with van der Waals surface area (Å²) in [4.78, 5) is 21.1. The largest absolute Gasteiger partial charge is 0.309 e. The second-order valence-corrected chi connectivity index (χ2v) is 20.4. The molecular weight excluding hydrogens is 853 g/mol. The van der Waals surface area contributed by atoms with Gasteiger partial charge in [-0.15, -0.1) is 0 Å². The molecule has 10 rings (SSSR count). The fourth-order valence-electron chi connectivity index (χ4n) is 11.8. The third kappa shape index (κ3) is 6.76. The van der Waals surface area contributed by atoms with Crippen molar-refractivity contribution >= 4 is 34.1 Å². The predicted octanol–water partition coefficient (Wildman–Crippen LogP) is 16.4. The number of anilines is 6. The van der Waals surface area contributed by atoms with E-state index in [9.17, 15) is 5.26 Å². The van der Waals surface area contributed by atoms with Gasteiger partial charge in [-0.05, 0) is 234 Å². The molecule has 2 aliphatic heterocycles. The fourth-order valence-corrected chi connectivity index (χ4v) is 11.8. The third-order valence-corrected chi connectivity index (χ3v) is 17.4. The first-order valence-corrected chi connectivity index (χ1v) is 24.8. The van der Waals surface area contributed by atoms with Crippen molar-refractivity contribution in [3.63, 3.8) is 0 Å². The van der Waals surface area contributed by atoms with Crippen LogP contribution in [0.1, 0.15) is 117 Å². The number of fused-ring (bicyclic) bond motifs is 4. The topological polar surface area (TPSA) is 68.9 Å². The van der Waals surface area contributed by atoms with Crippen molar-refractivity contribution < 1.29 is 0 Å². The Morgan fingerprint density at radius 1 is 0.357 bits per heavy atom. The van der Waals surface area contributed by atoms with E-state index in [0.717, 1.165) is 52.3 Å². The summed E-state index contributed by atoms with van der Waals surface area (Å²) in [5, 5.41) is 11.9. The zero-order valence-corrected chi connectivity index (χ0v) is 44.0. The van der Waals surface area contributed by atoms with Gasteiger partial charge in [0.15, 0.2) is 17.5 Å². The van der Waals surface area contributed by atoms with E-state index in [1.807, 2.05) is 36.4 Å². The molecular formula is C64H64N6. The van der Waals surface area contributed by atoms with Crippen LogP contribution in [0.3, 0.4) is 0 Å². The highest BCUT2D eigenvalue weighted by Gasteiger charge is 2.38. The number of hydrogen-bond donors (Lipinski definition) is 0. The minimum atomic E-state index is 0.539. The van der Waals surface area contributed by atoms with E-state index in [4.69, 9.17) is 15.0 Å². The van der Waals surface area contributed by atoms with Crippen molar-refractivity contribution in [2.24, 2.45) is 0 Å². The number of aromatic nitrogens is 3. The molecule has 3 heterocycles. The van der Waals surface area contributed by atoms with Crippen molar-refractivity contribution in [3.05, 3.63) is 190 Å². The molecule has 0 aliphatic carbocycles. The lowest BCUT2D eigenvalue weighted by atomic mass is 9.80. The van der Waals surface area contributed by atoms with Gasteiger partial charge in [0.2, 0.25) is 0 Å². The summed E-state index contributed by atoms with van der Waals surface area (Å²) in [7, 11) is 0. The number of hydrogen-bond acceptors (Lipinski definition) is 6. The van der Waals surface area contributed by atoms with E-state index >= 15 is 0 Å². The summed E-state index contributed by atoms with van der Waals surface area (Å²) in [6.45, 7) is 36.3. The highest BCUT2D eigenvalue weighted by molar-refractivity contribution is 5.99. The molecule has 0 amide bonds. The highest BCUT2D eigenvalue weighted by atomic mass is 15.2. The molecule has 0 saturated heterocycles. The van der Waals surface area contributed by atoms with Crippen molar-refractivity contribution in [2.75, 3.05) is 9.80 Å². The lowest BCUT2D eigenvalue weighted by Crippen LogP contribution is -2.27. The summed E-state index contributed by atoms with van der Waals surface area (Å²) in [5.41, 5.74) is 35.2. The van der Waals surface area contributed by atoms with E-state index in [0.29, 0.717) is 23.0 Å². The second-order valence-electron chi connectivity index (χ2n) is 20.4. The van der Waals surface area contributed by atoms with Gasteiger partial charge in [-0.25, -0.2) is 15.0 Å². The summed E-state index contributed by atoms with van der Waals surface area (Å²) < 4.78 is 0. The number of benzene rings is 7. The Bertz CT molecular complexity index is 3410. The van der Waals surface area contributed by atoms with Gasteiger partial charge in [-0.3, -0.25) is 0 Å². The van der Waals surface area contributed by atoms with Gasteiger partial charge < -0.3 is 9.80 Å². The zero-order chi connectivity index (χ0) is 49.9. The lowest BCUT2D eigenvalue weighted by molar-refractivity contribution is 0.989. The van der Waals surface area contributed by atoms with Gasteiger partial charge in [0.25, 0.3) is 0 Å². The molecule has 70 heavy (non-hydrogen) atoms. The fraction of sp³-hybridized carbons (Fsp3) is 0.281. The number of nitriles is 1. The van der Waals surface area contributed by atoms with E-state index < -0.39 is 0 Å². The maximum atomic E-state index is 11.9. The quantitative estimate of drug-likeness (QED) is 0.171. The SMILES string of the molecule is Cc1c(C)c(C)c2c(c1C)Cc1c(C)c(C)c(C)c(C)c1N2c1cc(-c2nc(-c3ccccc3)nc(-c3ccccc3)n2)c(N2c3c(C)c(C)c(C)c(C)c3Cc3c(C)c(C)c(C)c(C)c32)cc1C#N. The van der Waals surface area contributed by atoms with E-state index in [-0.39, 0.29) is 0 Å². The smallest absolute Gasteiger partial charge is 0.166 e. The van der Waals surface area contributed by atoms with Crippen LogP contribution < -0.4 is 9.80 Å². The van der Waals surface area contributed by atoms with Gasteiger partial charge in [0.05, 0.1) is 39.7 Å². The molecule has 6 heteroatoms. The van der Waals surface area contributed by atoms with Gasteiger partial charge in [0, 0.05) is 29.5 Å². The van der Waals surface area contributed by atoms with Crippen LogP contribution in [0.25, 0.3) is 34.2 Å². The molecule has 0 unspecified atom stereocenters. The van der Waals surface area contributed by atoms with Crippen LogP contribution in [0.2, 0.25) is 0 Å². The second kappa shape index (κ2) is 16.9. The van der Waals surface area contributed by atoms with Gasteiger partial charge in [-0.2, -0.15) is 5.26 Å². The Labute approximate surface area is 415 Å². The van der Waals surface area contributed by atoms with E-state index in [1.165, 1.54) is 123 Å². The molecule has 2 aliphatic rings. The van der Waals surface area contributed by atoms with Gasteiger partial charge >= 0.3 is 0 Å². The summed E-state index contributed by atoms with van der Waals surface area (Å²) >= 11 is 0. The molecule has 0 fully saturated rings. The average Bonchev–Trinajstić information content (AvgIpc) is 3.39. The predicted molar refractivity (Wildman–Crippen MR) is 292 cm³/mol. The molecule has 0 radical (unpaired) electrons. The van der Waals surface area contributed by atoms with Gasteiger partial charge in [-0.1, -0.05) is 60.7 Å². The van der Waals surface area contributed by atoms with Crippen LogP contribution in [0.4, 0.5) is 34.1 Å². The number of nitrogens with zero attached hydrogens (tertiary/aromatic N) is 6. The molecule has 8 aromatic rings. The first-order valence-electron chi connectivity index (χ1n) is 24.8. The van der Waals surface area contributed by atoms with E-state index in [1.54, 1.807) is 0 Å². The highest BCUT2D eigenvalue weighted by Crippen LogP contribution is 2.57. The van der Waals surface area contributed by atoms with Crippen LogP contribution >= 0.6 is 0 Å². The minimum absolute atomic E-state index is 0.539. The Hall–Kier alpha value is -7.36. The maximum absolute atomic E-state index is 11.9. The monoisotopic (exact) mass is 917 g/mol. The van der Waals surface area contributed by atoms with Crippen LogP contribution in [-0.4, -0.2) is 15.0 Å². The molecule has 0 N–H and O–H groups in total. The summed E-state index contributed by atoms with van der Waals surface area (Å²) in [6, 6.07) is 27.7. The molecule has 7 aromatic carbocycles.